The summed E-state index contributed by atoms with van der Waals surface area (Å²) < 4.78 is 2.59. The van der Waals surface area contributed by atoms with Crippen LogP contribution in [0.5, 0.6) is 0 Å². The summed E-state index contributed by atoms with van der Waals surface area (Å²) in [5, 5.41) is 6.96. The molecule has 0 unspecified atom stereocenters. The highest BCUT2D eigenvalue weighted by atomic mass is 79.9. The molecule has 1 amide bonds. The fourth-order valence-corrected chi connectivity index (χ4v) is 2.23. The van der Waals surface area contributed by atoms with Crippen molar-refractivity contribution in [1.82, 2.24) is 19.7 Å². The third kappa shape index (κ3) is 2.97. The van der Waals surface area contributed by atoms with Gasteiger partial charge in [0.15, 0.2) is 0 Å². The molecule has 6 nitrogen and oxygen atoms in total. The Bertz CT molecular complexity index is 772. The average Bonchev–Trinajstić information content (AvgIpc) is 2.97. The maximum absolute atomic E-state index is 12.0. The summed E-state index contributed by atoms with van der Waals surface area (Å²) in [5.41, 5.74) is 1.73. The van der Waals surface area contributed by atoms with Gasteiger partial charge in [-0.3, -0.25) is 9.78 Å². The van der Waals surface area contributed by atoms with E-state index in [1.807, 2.05) is 24.3 Å². The lowest BCUT2D eigenvalue weighted by Crippen LogP contribution is -2.13. The van der Waals surface area contributed by atoms with Crippen molar-refractivity contribution in [2.24, 2.45) is 0 Å². The fraction of sp³-hybridized carbons (Fsp3) is 0. The Morgan fingerprint density at radius 1 is 1.19 bits per heavy atom. The van der Waals surface area contributed by atoms with E-state index in [1.165, 1.54) is 18.6 Å². The first kappa shape index (κ1) is 13.4. The fourth-order valence-electron chi connectivity index (χ4n) is 1.77. The van der Waals surface area contributed by atoms with Gasteiger partial charge in [-0.2, -0.15) is 5.10 Å². The number of benzene rings is 1. The summed E-state index contributed by atoms with van der Waals surface area (Å²) in [6.07, 6.45) is 7.71. The van der Waals surface area contributed by atoms with E-state index in [0.717, 1.165) is 10.2 Å². The van der Waals surface area contributed by atoms with Crippen LogP contribution in [-0.4, -0.2) is 25.7 Å². The Labute approximate surface area is 129 Å². The third-order valence-electron chi connectivity index (χ3n) is 2.74. The highest BCUT2D eigenvalue weighted by Crippen LogP contribution is 2.21. The van der Waals surface area contributed by atoms with Crippen LogP contribution in [0.15, 0.2) is 59.7 Å². The largest absolute Gasteiger partial charge is 0.318 e. The molecular formula is C14H10BrN5O. The van der Waals surface area contributed by atoms with Gasteiger partial charge in [0.25, 0.3) is 5.91 Å². The third-order valence-corrected chi connectivity index (χ3v) is 3.41. The molecule has 0 atom stereocenters. The number of anilines is 1. The average molecular weight is 344 g/mol. The van der Waals surface area contributed by atoms with E-state index in [0.29, 0.717) is 5.69 Å². The number of rotatable bonds is 3. The number of para-hydroxylation sites is 1. The van der Waals surface area contributed by atoms with Crippen LogP contribution in [0.1, 0.15) is 10.5 Å². The molecular weight excluding hydrogens is 334 g/mol. The van der Waals surface area contributed by atoms with Crippen LogP contribution in [0.4, 0.5) is 5.69 Å². The van der Waals surface area contributed by atoms with E-state index < -0.39 is 0 Å². The Balaban J connectivity index is 1.80. The normalized spacial score (nSPS) is 10.3. The molecule has 3 rings (SSSR count). The molecule has 21 heavy (non-hydrogen) atoms. The molecule has 0 aliphatic carbocycles. The Morgan fingerprint density at radius 3 is 2.81 bits per heavy atom. The molecule has 1 aromatic carbocycles. The second-order valence-electron chi connectivity index (χ2n) is 4.17. The van der Waals surface area contributed by atoms with Crippen molar-refractivity contribution >= 4 is 27.5 Å². The van der Waals surface area contributed by atoms with E-state index in [2.05, 4.69) is 36.3 Å². The van der Waals surface area contributed by atoms with E-state index in [4.69, 9.17) is 0 Å². The van der Waals surface area contributed by atoms with Gasteiger partial charge in [-0.1, -0.05) is 12.1 Å². The van der Waals surface area contributed by atoms with Crippen LogP contribution < -0.4 is 5.32 Å². The van der Waals surface area contributed by atoms with Crippen molar-refractivity contribution in [3.63, 3.8) is 0 Å². The number of carbonyl (C=O) groups is 1. The lowest BCUT2D eigenvalue weighted by molar-refractivity contribution is 0.102. The van der Waals surface area contributed by atoms with Crippen molar-refractivity contribution in [1.29, 1.82) is 0 Å². The summed E-state index contributed by atoms with van der Waals surface area (Å²) in [7, 11) is 0. The lowest BCUT2D eigenvalue weighted by Gasteiger charge is -2.03. The molecule has 0 bridgehead atoms. The van der Waals surface area contributed by atoms with Crippen LogP contribution in [-0.2, 0) is 0 Å². The van der Waals surface area contributed by atoms with Gasteiger partial charge in [-0.25, -0.2) is 9.67 Å². The monoisotopic (exact) mass is 343 g/mol. The van der Waals surface area contributed by atoms with E-state index in [-0.39, 0.29) is 11.6 Å². The summed E-state index contributed by atoms with van der Waals surface area (Å²) >= 11 is 3.46. The minimum absolute atomic E-state index is 0.256. The highest BCUT2D eigenvalue weighted by Gasteiger charge is 2.10. The highest BCUT2D eigenvalue weighted by molar-refractivity contribution is 9.10. The van der Waals surface area contributed by atoms with Gasteiger partial charge in [-0.15, -0.1) is 0 Å². The first-order valence-corrected chi connectivity index (χ1v) is 6.90. The number of hydrogen-bond acceptors (Lipinski definition) is 4. The van der Waals surface area contributed by atoms with Gasteiger partial charge in [0.2, 0.25) is 0 Å². The van der Waals surface area contributed by atoms with Gasteiger partial charge in [-0.05, 0) is 28.1 Å². The molecule has 7 heteroatoms. The molecule has 0 radical (unpaired) electrons. The first-order chi connectivity index (χ1) is 10.2. The van der Waals surface area contributed by atoms with Crippen molar-refractivity contribution in [2.45, 2.75) is 0 Å². The molecule has 2 aromatic heterocycles. The van der Waals surface area contributed by atoms with Crippen LogP contribution in [0.3, 0.4) is 0 Å². The SMILES string of the molecule is O=C(Nc1cnn(-c2ccccc2Br)c1)c1cnccn1. The van der Waals surface area contributed by atoms with Crippen molar-refractivity contribution in [3.8, 4) is 5.69 Å². The van der Waals surface area contributed by atoms with Crippen molar-refractivity contribution in [3.05, 3.63) is 65.4 Å². The minimum Gasteiger partial charge on any atom is -0.318 e. The van der Waals surface area contributed by atoms with Crippen molar-refractivity contribution < 1.29 is 4.79 Å². The summed E-state index contributed by atoms with van der Waals surface area (Å²) in [5.74, 6) is -0.324. The number of nitrogens with zero attached hydrogens (tertiary/aromatic N) is 4. The van der Waals surface area contributed by atoms with E-state index in [9.17, 15) is 4.79 Å². The van der Waals surface area contributed by atoms with Gasteiger partial charge in [0, 0.05) is 16.9 Å². The molecule has 3 aromatic rings. The second kappa shape index (κ2) is 5.84. The van der Waals surface area contributed by atoms with Crippen LogP contribution >= 0.6 is 15.9 Å². The Morgan fingerprint density at radius 2 is 2.05 bits per heavy atom. The smallest absolute Gasteiger partial charge is 0.275 e. The maximum atomic E-state index is 12.0. The molecule has 0 saturated heterocycles. The number of amides is 1. The lowest BCUT2D eigenvalue weighted by atomic mass is 10.3. The van der Waals surface area contributed by atoms with Gasteiger partial charge in [0.05, 0.1) is 30.0 Å². The molecule has 0 fully saturated rings. The van der Waals surface area contributed by atoms with Crippen LogP contribution in [0, 0.1) is 0 Å². The van der Waals surface area contributed by atoms with Gasteiger partial charge < -0.3 is 5.32 Å². The summed E-state index contributed by atoms with van der Waals surface area (Å²) in [4.78, 5) is 19.8. The Kier molecular flexibility index (Phi) is 3.74. The second-order valence-corrected chi connectivity index (χ2v) is 5.02. The molecule has 104 valence electrons. The predicted octanol–water partition coefficient (Wildman–Crippen LogP) is 2.68. The molecule has 1 N–H and O–H groups in total. The zero-order valence-corrected chi connectivity index (χ0v) is 12.4. The topological polar surface area (TPSA) is 72.7 Å². The zero-order chi connectivity index (χ0) is 14.7. The van der Waals surface area contributed by atoms with Crippen LogP contribution in [0.2, 0.25) is 0 Å². The standard InChI is InChI=1S/C14H10BrN5O/c15-11-3-1-2-4-13(11)20-9-10(7-18-20)19-14(21)12-8-16-5-6-17-12/h1-9H,(H,19,21). The number of halogens is 1. The molecule has 2 heterocycles. The predicted molar refractivity (Wildman–Crippen MR) is 81.2 cm³/mol. The van der Waals surface area contributed by atoms with E-state index >= 15 is 0 Å². The summed E-state index contributed by atoms with van der Waals surface area (Å²) in [6.45, 7) is 0. The number of carbonyl (C=O) groups excluding carboxylic acids is 1. The van der Waals surface area contributed by atoms with Crippen LogP contribution in [0.25, 0.3) is 5.69 Å². The van der Waals surface area contributed by atoms with E-state index in [1.54, 1.807) is 17.1 Å². The molecule has 0 spiro atoms. The van der Waals surface area contributed by atoms with Gasteiger partial charge in [0.1, 0.15) is 5.69 Å². The minimum atomic E-state index is -0.324. The summed E-state index contributed by atoms with van der Waals surface area (Å²) in [6, 6.07) is 7.69. The zero-order valence-electron chi connectivity index (χ0n) is 10.8. The first-order valence-electron chi connectivity index (χ1n) is 6.11. The maximum Gasteiger partial charge on any atom is 0.275 e. The quantitative estimate of drug-likeness (QED) is 0.793. The molecule has 0 saturated carbocycles. The van der Waals surface area contributed by atoms with Gasteiger partial charge >= 0.3 is 0 Å². The number of nitrogens with one attached hydrogen (secondary N) is 1. The molecule has 0 aliphatic heterocycles. The molecule has 0 aliphatic rings. The van der Waals surface area contributed by atoms with Crippen molar-refractivity contribution in [2.75, 3.05) is 5.32 Å². The Hall–Kier alpha value is -2.54. The number of aromatic nitrogens is 4. The number of hydrogen-bond donors (Lipinski definition) is 1.